The van der Waals surface area contributed by atoms with E-state index in [0.29, 0.717) is 11.4 Å². The lowest BCUT2D eigenvalue weighted by Crippen LogP contribution is -2.49. The van der Waals surface area contributed by atoms with E-state index >= 15 is 0 Å². The summed E-state index contributed by atoms with van der Waals surface area (Å²) in [6, 6.07) is 23.5. The molecule has 12 heteroatoms. The second-order valence-corrected chi connectivity index (χ2v) is 11.1. The largest absolute Gasteiger partial charge is 0.465 e. The fourth-order valence-corrected chi connectivity index (χ4v) is 5.44. The van der Waals surface area contributed by atoms with E-state index < -0.39 is 34.4 Å². The van der Waals surface area contributed by atoms with Gasteiger partial charge in [-0.25, -0.2) is 9.78 Å². The van der Waals surface area contributed by atoms with E-state index in [4.69, 9.17) is 9.54 Å². The molecule has 0 saturated carbocycles. The van der Waals surface area contributed by atoms with Crippen molar-refractivity contribution in [3.8, 4) is 11.3 Å². The number of carbonyl (C=O) groups excluding carboxylic acids is 1. The molecule has 2 atom stereocenters. The van der Waals surface area contributed by atoms with Crippen molar-refractivity contribution in [2.24, 2.45) is 0 Å². The molecule has 4 aromatic rings. The molecule has 0 unspecified atom stereocenters. The van der Waals surface area contributed by atoms with Gasteiger partial charge < -0.3 is 10.4 Å². The quantitative estimate of drug-likeness (QED) is 0.189. The lowest BCUT2D eigenvalue weighted by Gasteiger charge is -2.27. The summed E-state index contributed by atoms with van der Waals surface area (Å²) in [4.78, 5) is 31.2. The number of carbonyl (C=O) groups is 2. The van der Waals surface area contributed by atoms with Crippen LogP contribution in [-0.2, 0) is 27.9 Å². The molecule has 0 spiro atoms. The predicted octanol–water partition coefficient (Wildman–Crippen LogP) is 4.65. The minimum absolute atomic E-state index is 0.179. The third kappa shape index (κ3) is 7.88. The van der Waals surface area contributed by atoms with Gasteiger partial charge in [-0.1, -0.05) is 72.8 Å². The van der Waals surface area contributed by atoms with Crippen molar-refractivity contribution >= 4 is 39.3 Å². The molecule has 40 heavy (non-hydrogen) atoms. The highest BCUT2D eigenvalue weighted by atomic mass is 32.2. The molecule has 1 aromatic heterocycles. The van der Waals surface area contributed by atoms with Crippen LogP contribution in [0.3, 0.4) is 0 Å². The van der Waals surface area contributed by atoms with Crippen LogP contribution in [0.1, 0.15) is 22.2 Å². The van der Waals surface area contributed by atoms with Gasteiger partial charge >= 0.3 is 16.4 Å². The molecule has 4 N–H and O–H groups in total. The molecule has 3 aromatic carbocycles. The molecular formula is C28H28N4O6S2. The number of hydrogen-bond donors (Lipinski definition) is 4. The Kier molecular flexibility index (Phi) is 9.15. The number of benzene rings is 3. The van der Waals surface area contributed by atoms with Crippen molar-refractivity contribution in [3.63, 3.8) is 0 Å². The third-order valence-electron chi connectivity index (χ3n) is 6.19. The molecule has 1 heterocycles. The average Bonchev–Trinajstić information content (AvgIpc) is 3.43. The predicted molar refractivity (Wildman–Crippen MR) is 153 cm³/mol. The van der Waals surface area contributed by atoms with E-state index in [1.165, 1.54) is 30.5 Å². The number of rotatable bonds is 11. The Hall–Kier alpha value is -4.26. The highest BCUT2D eigenvalue weighted by Gasteiger charge is 2.30. The average molecular weight is 581 g/mol. The van der Waals surface area contributed by atoms with E-state index in [1.807, 2.05) is 70.8 Å². The molecule has 0 radical (unpaired) electrons. The molecule has 2 amide bonds. The van der Waals surface area contributed by atoms with Crippen LogP contribution in [0.5, 0.6) is 0 Å². The van der Waals surface area contributed by atoms with Crippen molar-refractivity contribution in [3.05, 3.63) is 106 Å². The summed E-state index contributed by atoms with van der Waals surface area (Å²) in [7, 11) is -3.05. The van der Waals surface area contributed by atoms with E-state index in [0.717, 1.165) is 27.3 Å². The monoisotopic (exact) mass is 580 g/mol. The first-order chi connectivity index (χ1) is 19.1. The number of thiazole rings is 1. The van der Waals surface area contributed by atoms with Crippen LogP contribution in [0.25, 0.3) is 11.3 Å². The summed E-state index contributed by atoms with van der Waals surface area (Å²) >= 11 is 1.37. The summed E-state index contributed by atoms with van der Waals surface area (Å²) in [6.45, 7) is 0. The number of carboxylic acid groups (broad SMARTS) is 1. The first kappa shape index (κ1) is 28.7. The maximum atomic E-state index is 13.6. The zero-order valence-corrected chi connectivity index (χ0v) is 23.1. The molecule has 0 aliphatic heterocycles. The zero-order valence-electron chi connectivity index (χ0n) is 21.5. The normalized spacial score (nSPS) is 12.8. The van der Waals surface area contributed by atoms with Crippen molar-refractivity contribution in [1.82, 2.24) is 15.2 Å². The van der Waals surface area contributed by atoms with Gasteiger partial charge in [0.05, 0.1) is 17.4 Å². The minimum Gasteiger partial charge on any atom is -0.465 e. The summed E-state index contributed by atoms with van der Waals surface area (Å²) in [5.74, 6) is -0.472. The van der Waals surface area contributed by atoms with Gasteiger partial charge in [0.15, 0.2) is 0 Å². The van der Waals surface area contributed by atoms with Crippen LogP contribution < -0.4 is 10.0 Å². The van der Waals surface area contributed by atoms with Gasteiger partial charge in [-0.15, -0.1) is 11.3 Å². The van der Waals surface area contributed by atoms with Gasteiger partial charge in [0, 0.05) is 24.4 Å². The number of nitrogens with zero attached hydrogens (tertiary/aromatic N) is 2. The zero-order chi connectivity index (χ0) is 28.7. The maximum Gasteiger partial charge on any atom is 0.407 e. The summed E-state index contributed by atoms with van der Waals surface area (Å²) < 4.78 is 33.3. The van der Waals surface area contributed by atoms with Crippen molar-refractivity contribution < 1.29 is 27.7 Å². The van der Waals surface area contributed by atoms with Crippen molar-refractivity contribution in [2.45, 2.75) is 24.9 Å². The molecule has 0 fully saturated rings. The number of amides is 2. The molecule has 208 valence electrons. The van der Waals surface area contributed by atoms with Crippen LogP contribution in [0.2, 0.25) is 0 Å². The smallest absolute Gasteiger partial charge is 0.407 e. The van der Waals surface area contributed by atoms with Gasteiger partial charge in [0.1, 0.15) is 11.0 Å². The molecule has 0 aliphatic rings. The fraction of sp³-hybridized carbons (Fsp3) is 0.179. The first-order valence-corrected chi connectivity index (χ1v) is 14.6. The number of hydrogen-bond acceptors (Lipinski definition) is 6. The van der Waals surface area contributed by atoms with Gasteiger partial charge in [-0.3, -0.25) is 19.0 Å². The number of anilines is 1. The molecule has 0 aliphatic carbocycles. The van der Waals surface area contributed by atoms with Crippen molar-refractivity contribution in [1.29, 1.82) is 0 Å². The second kappa shape index (κ2) is 12.7. The molecule has 4 rings (SSSR count). The van der Waals surface area contributed by atoms with Gasteiger partial charge in [-0.05, 0) is 29.7 Å². The lowest BCUT2D eigenvalue weighted by atomic mass is 10.0. The van der Waals surface area contributed by atoms with Crippen LogP contribution in [-0.4, -0.2) is 53.1 Å². The summed E-state index contributed by atoms with van der Waals surface area (Å²) in [5.41, 5.74) is 3.42. The number of nitrogens with one attached hydrogen (secondary N) is 2. The summed E-state index contributed by atoms with van der Waals surface area (Å²) in [5, 5.41) is 15.2. The highest BCUT2D eigenvalue weighted by molar-refractivity contribution is 7.87. The Balaban J connectivity index is 1.62. The molecule has 10 nitrogen and oxygen atoms in total. The van der Waals surface area contributed by atoms with Crippen LogP contribution in [0.4, 0.5) is 10.5 Å². The molecule has 0 bridgehead atoms. The maximum absolute atomic E-state index is 13.6. The van der Waals surface area contributed by atoms with Gasteiger partial charge in [-0.2, -0.15) is 8.42 Å². The van der Waals surface area contributed by atoms with Gasteiger partial charge in [0.2, 0.25) is 5.91 Å². The summed E-state index contributed by atoms with van der Waals surface area (Å²) in [6.07, 6.45) is -0.741. The Morgan fingerprint density at radius 2 is 1.52 bits per heavy atom. The number of aromatic nitrogens is 1. The van der Waals surface area contributed by atoms with E-state index in [2.05, 4.69) is 5.32 Å². The Bertz CT molecular complexity index is 1540. The Labute approximate surface area is 236 Å². The lowest BCUT2D eigenvalue weighted by molar-refractivity contribution is -0.126. The SMILES string of the molecule is CN(C(=O)O)[C@@H](Cc1ccccc1)C(=O)N[C@@H](Cc1ccc(NS(=O)(=O)O)cc1)c1nc(-c2ccccc2)cs1. The standard InChI is InChI=1S/C28H28N4O6S2/c1-32(28(34)35)25(17-19-8-4-2-5-9-19)26(33)29-23(16-20-12-14-22(15-13-20)31-40(36,37)38)27-30-24(18-39-27)21-10-6-3-7-11-21/h2-15,18,23,25,31H,16-17H2,1H3,(H,29,33)(H,34,35)(H,36,37,38)/t23-,25-/m0/s1. The van der Waals surface area contributed by atoms with E-state index in [-0.39, 0.29) is 12.1 Å². The Morgan fingerprint density at radius 1 is 0.925 bits per heavy atom. The fourth-order valence-electron chi connectivity index (χ4n) is 4.13. The third-order valence-corrected chi connectivity index (χ3v) is 7.64. The number of likely N-dealkylation sites (N-methyl/N-ethyl adjacent to an activating group) is 1. The minimum atomic E-state index is -4.41. The van der Waals surface area contributed by atoms with E-state index in [1.54, 1.807) is 12.1 Å². The van der Waals surface area contributed by atoms with Crippen LogP contribution >= 0.6 is 11.3 Å². The highest BCUT2D eigenvalue weighted by Crippen LogP contribution is 2.28. The van der Waals surface area contributed by atoms with E-state index in [9.17, 15) is 23.1 Å². The molecular weight excluding hydrogens is 552 g/mol. The Morgan fingerprint density at radius 3 is 2.12 bits per heavy atom. The van der Waals surface area contributed by atoms with Gasteiger partial charge in [0.25, 0.3) is 0 Å². The topological polar surface area (TPSA) is 149 Å². The van der Waals surface area contributed by atoms with Crippen LogP contribution in [0.15, 0.2) is 90.3 Å². The van der Waals surface area contributed by atoms with Crippen molar-refractivity contribution in [2.75, 3.05) is 11.8 Å². The van der Waals surface area contributed by atoms with Crippen LogP contribution in [0, 0.1) is 0 Å². The first-order valence-electron chi connectivity index (χ1n) is 12.2. The second-order valence-electron chi connectivity index (χ2n) is 9.08. The molecule has 0 saturated heterocycles.